The first-order valence-corrected chi connectivity index (χ1v) is 8.91. The molecular weight excluding hydrogens is 368 g/mol. The minimum absolute atomic E-state index is 0.194. The topological polar surface area (TPSA) is 104 Å². The van der Waals surface area contributed by atoms with Crippen molar-refractivity contribution in [3.63, 3.8) is 0 Å². The van der Waals surface area contributed by atoms with E-state index in [1.807, 2.05) is 6.07 Å². The maximum absolute atomic E-state index is 12.5. The lowest BCUT2D eigenvalue weighted by Crippen LogP contribution is -2.17. The highest BCUT2D eigenvalue weighted by Gasteiger charge is 2.15. The lowest BCUT2D eigenvalue weighted by atomic mass is 10.1. The molecule has 7 nitrogen and oxygen atoms in total. The van der Waals surface area contributed by atoms with E-state index < -0.39 is 11.9 Å². The van der Waals surface area contributed by atoms with E-state index in [9.17, 15) is 9.59 Å². The molecule has 3 rings (SSSR count). The molecule has 144 valence electrons. The highest BCUT2D eigenvalue weighted by atomic mass is 16.5. The van der Waals surface area contributed by atoms with Crippen molar-refractivity contribution in [1.82, 2.24) is 4.98 Å². The number of nitriles is 1. The number of amides is 1. The molecule has 1 amide bonds. The summed E-state index contributed by atoms with van der Waals surface area (Å²) in [4.78, 5) is 28.7. The number of esters is 1. The average molecular weight is 386 g/mol. The van der Waals surface area contributed by atoms with Crippen LogP contribution in [0.1, 0.15) is 33.3 Å². The summed E-state index contributed by atoms with van der Waals surface area (Å²) >= 11 is 0. The van der Waals surface area contributed by atoms with E-state index in [0.717, 1.165) is 5.69 Å². The number of hydrogen-bond donors (Lipinski definition) is 2. The van der Waals surface area contributed by atoms with Gasteiger partial charge in [0.2, 0.25) is 0 Å². The van der Waals surface area contributed by atoms with Crippen LogP contribution in [0.2, 0.25) is 0 Å². The van der Waals surface area contributed by atoms with E-state index in [1.165, 1.54) is 6.20 Å². The number of carbonyl (C=O) groups excluding carboxylic acids is 2. The van der Waals surface area contributed by atoms with E-state index in [-0.39, 0.29) is 17.9 Å². The van der Waals surface area contributed by atoms with Crippen LogP contribution in [0.5, 0.6) is 0 Å². The lowest BCUT2D eigenvalue weighted by Gasteiger charge is -2.10. The third-order valence-corrected chi connectivity index (χ3v) is 3.95. The monoisotopic (exact) mass is 386 g/mol. The molecule has 0 fully saturated rings. The summed E-state index contributed by atoms with van der Waals surface area (Å²) in [6.07, 6.45) is 1.52. The molecule has 2 N–H and O–H groups in total. The zero-order valence-electron chi connectivity index (χ0n) is 15.7. The Morgan fingerprint density at radius 1 is 1.07 bits per heavy atom. The second-order valence-corrected chi connectivity index (χ2v) is 5.97. The first-order chi connectivity index (χ1) is 14.1. The van der Waals surface area contributed by atoms with Crippen LogP contribution >= 0.6 is 0 Å². The molecule has 0 aliphatic carbocycles. The number of pyridine rings is 1. The van der Waals surface area contributed by atoms with Crippen molar-refractivity contribution in [3.8, 4) is 6.07 Å². The first kappa shape index (κ1) is 19.6. The summed E-state index contributed by atoms with van der Waals surface area (Å²) < 4.78 is 5.01. The predicted molar refractivity (Wildman–Crippen MR) is 109 cm³/mol. The van der Waals surface area contributed by atoms with E-state index in [0.29, 0.717) is 16.9 Å². The van der Waals surface area contributed by atoms with E-state index in [2.05, 4.69) is 21.7 Å². The van der Waals surface area contributed by atoms with Crippen molar-refractivity contribution in [2.24, 2.45) is 0 Å². The van der Waals surface area contributed by atoms with Gasteiger partial charge in [0.25, 0.3) is 5.91 Å². The summed E-state index contributed by atoms with van der Waals surface area (Å²) in [5, 5.41) is 14.8. The van der Waals surface area contributed by atoms with Gasteiger partial charge < -0.3 is 15.4 Å². The van der Waals surface area contributed by atoms with Crippen LogP contribution in [0.3, 0.4) is 0 Å². The molecule has 0 unspecified atom stereocenters. The number of ether oxygens (including phenoxy) is 1. The largest absolute Gasteiger partial charge is 0.462 e. The molecule has 1 aromatic heterocycles. The molecule has 2 aromatic carbocycles. The van der Waals surface area contributed by atoms with Gasteiger partial charge in [-0.3, -0.25) is 4.79 Å². The van der Waals surface area contributed by atoms with Crippen LogP contribution in [-0.4, -0.2) is 23.5 Å². The Balaban J connectivity index is 1.71. The van der Waals surface area contributed by atoms with Crippen LogP contribution < -0.4 is 10.6 Å². The van der Waals surface area contributed by atoms with Gasteiger partial charge in [0.15, 0.2) is 0 Å². The second kappa shape index (κ2) is 9.15. The molecule has 0 saturated heterocycles. The average Bonchev–Trinajstić information content (AvgIpc) is 2.75. The molecule has 1 heterocycles. The Morgan fingerprint density at radius 3 is 2.62 bits per heavy atom. The van der Waals surface area contributed by atoms with Crippen molar-refractivity contribution in [3.05, 3.63) is 83.7 Å². The minimum atomic E-state index is -0.504. The van der Waals surface area contributed by atoms with E-state index >= 15 is 0 Å². The normalized spacial score (nSPS) is 9.93. The molecule has 7 heteroatoms. The maximum Gasteiger partial charge on any atom is 0.340 e. The molecule has 0 aliphatic heterocycles. The van der Waals surface area contributed by atoms with Crippen molar-refractivity contribution in [1.29, 1.82) is 5.26 Å². The Hall–Kier alpha value is -4.18. The first-order valence-electron chi connectivity index (χ1n) is 8.91. The summed E-state index contributed by atoms with van der Waals surface area (Å²) in [6, 6.07) is 19.0. The summed E-state index contributed by atoms with van der Waals surface area (Å²) in [5.74, 6) is -0.949. The number of para-hydroxylation sites is 1. The standard InChI is InChI=1S/C22H18N4O3/c1-2-29-22(28)18-8-3-4-9-19(18)26-21(27)20-11-10-17(14-24-20)25-16-7-5-6-15(12-16)13-23/h3-12,14,25H,2H2,1H3,(H,26,27). The van der Waals surface area contributed by atoms with Gasteiger partial charge in [-0.05, 0) is 49.4 Å². The number of aromatic nitrogens is 1. The highest BCUT2D eigenvalue weighted by molar-refractivity contribution is 6.07. The summed E-state index contributed by atoms with van der Waals surface area (Å²) in [7, 11) is 0. The minimum Gasteiger partial charge on any atom is -0.462 e. The van der Waals surface area contributed by atoms with Crippen LogP contribution in [-0.2, 0) is 4.74 Å². The number of carbonyl (C=O) groups is 2. The fourth-order valence-corrected chi connectivity index (χ4v) is 2.60. The maximum atomic E-state index is 12.5. The van der Waals surface area contributed by atoms with Crippen molar-refractivity contribution < 1.29 is 14.3 Å². The Bertz CT molecular complexity index is 1070. The zero-order valence-corrected chi connectivity index (χ0v) is 15.7. The number of nitrogens with zero attached hydrogens (tertiary/aromatic N) is 2. The van der Waals surface area contributed by atoms with Gasteiger partial charge in [0, 0.05) is 5.69 Å². The SMILES string of the molecule is CCOC(=O)c1ccccc1NC(=O)c1ccc(Nc2cccc(C#N)c2)cn1. The molecular formula is C22H18N4O3. The molecule has 0 aliphatic rings. The van der Waals surface area contributed by atoms with Gasteiger partial charge in [0.05, 0.1) is 41.4 Å². The van der Waals surface area contributed by atoms with Gasteiger partial charge in [-0.25, -0.2) is 9.78 Å². The number of hydrogen-bond acceptors (Lipinski definition) is 6. The zero-order chi connectivity index (χ0) is 20.6. The smallest absolute Gasteiger partial charge is 0.340 e. The fourth-order valence-electron chi connectivity index (χ4n) is 2.60. The number of anilines is 3. The van der Waals surface area contributed by atoms with E-state index in [4.69, 9.17) is 10.00 Å². The Morgan fingerprint density at radius 2 is 1.90 bits per heavy atom. The number of nitrogens with one attached hydrogen (secondary N) is 2. The van der Waals surface area contributed by atoms with Crippen molar-refractivity contribution in [2.75, 3.05) is 17.2 Å². The molecule has 0 saturated carbocycles. The number of rotatable bonds is 6. The molecule has 0 bridgehead atoms. The van der Waals surface area contributed by atoms with Gasteiger partial charge in [-0.1, -0.05) is 18.2 Å². The van der Waals surface area contributed by atoms with Gasteiger partial charge in [-0.15, -0.1) is 0 Å². The molecule has 29 heavy (non-hydrogen) atoms. The summed E-state index contributed by atoms with van der Waals surface area (Å²) in [6.45, 7) is 1.96. The van der Waals surface area contributed by atoms with Gasteiger partial charge in [0.1, 0.15) is 5.69 Å². The van der Waals surface area contributed by atoms with Crippen molar-refractivity contribution >= 4 is 28.9 Å². The van der Waals surface area contributed by atoms with Crippen molar-refractivity contribution in [2.45, 2.75) is 6.92 Å². The third kappa shape index (κ3) is 4.96. The van der Waals surface area contributed by atoms with Crippen LogP contribution in [0.15, 0.2) is 66.9 Å². The van der Waals surface area contributed by atoms with E-state index in [1.54, 1.807) is 61.5 Å². The van der Waals surface area contributed by atoms with Gasteiger partial charge in [-0.2, -0.15) is 5.26 Å². The molecule has 3 aromatic rings. The van der Waals surface area contributed by atoms with Gasteiger partial charge >= 0.3 is 5.97 Å². The van der Waals surface area contributed by atoms with Crippen LogP contribution in [0.4, 0.5) is 17.1 Å². The molecule has 0 atom stereocenters. The van der Waals surface area contributed by atoms with Crippen LogP contribution in [0, 0.1) is 11.3 Å². The summed E-state index contributed by atoms with van der Waals surface area (Å²) in [5.41, 5.74) is 2.78. The number of benzene rings is 2. The van der Waals surface area contributed by atoms with Crippen LogP contribution in [0.25, 0.3) is 0 Å². The quantitative estimate of drug-likeness (QED) is 0.618. The molecule has 0 spiro atoms. The second-order valence-electron chi connectivity index (χ2n) is 5.97. The Labute approximate surface area is 168 Å². The predicted octanol–water partition coefficient (Wildman–Crippen LogP) is 4.13. The third-order valence-electron chi connectivity index (χ3n) is 3.95. The lowest BCUT2D eigenvalue weighted by molar-refractivity contribution is 0.0527. The fraction of sp³-hybridized carbons (Fsp3) is 0.0909. The molecule has 0 radical (unpaired) electrons. The highest BCUT2D eigenvalue weighted by Crippen LogP contribution is 2.19. The Kier molecular flexibility index (Phi) is 6.18.